The van der Waals surface area contributed by atoms with Crippen LogP contribution in [0.25, 0.3) is 57.0 Å². The minimum absolute atomic E-state index is 0.306. The number of fused-ring (bicyclic) bond motifs is 7. The average molecular weight is 1070 g/mol. The molecule has 1 aliphatic heterocycles. The maximum Gasteiger partial charge on any atom is 0.343 e. The summed E-state index contributed by atoms with van der Waals surface area (Å²) in [5, 5.41) is 4.19. The van der Waals surface area contributed by atoms with E-state index >= 15 is 0 Å². The van der Waals surface area contributed by atoms with Crippen LogP contribution >= 0.6 is 0 Å². The molecule has 0 radical (unpaired) electrons. The number of carbonyl (C=O) groups excluding carboxylic acids is 4. The van der Waals surface area contributed by atoms with Gasteiger partial charge in [0, 0.05) is 23.3 Å². The standard InChI is InChI=1S/C68H60O12/c1-3-63(69)77-43-9-5-39-73-55-31-21-51(22-32-55)67(71)79-57-27-15-47(16-28-57)11-13-49-19-35-59-53(45-49)25-37-61-65(59)66-60-36-20-50(46-54(60)26-38-62(66)76-42-8-7-41-75-61)14-12-48-17-29-58(30-18-48)80-68(72)52-23-33-56(34-24-52)74-40-6-10-44-78-64(70)4-2/h3-4,11-38,45-46H,1-2,5-10,39-44H2/b13-11-,14-12-. The van der Waals surface area contributed by atoms with Crippen molar-refractivity contribution in [2.75, 3.05) is 39.6 Å². The number of unbranched alkanes of at least 4 members (excludes halogenated alkanes) is 2. The highest BCUT2D eigenvalue weighted by molar-refractivity contribution is 6.10. The van der Waals surface area contributed by atoms with E-state index in [2.05, 4.69) is 86.0 Å². The van der Waals surface area contributed by atoms with Gasteiger partial charge in [-0.3, -0.25) is 0 Å². The van der Waals surface area contributed by atoms with E-state index < -0.39 is 23.9 Å². The number of esters is 4. The highest BCUT2D eigenvalue weighted by atomic mass is 16.5. The van der Waals surface area contributed by atoms with Crippen molar-refractivity contribution in [3.05, 3.63) is 216 Å². The molecule has 80 heavy (non-hydrogen) atoms. The van der Waals surface area contributed by atoms with E-state index in [0.29, 0.717) is 99.4 Å². The summed E-state index contributed by atoms with van der Waals surface area (Å²) in [4.78, 5) is 48.2. The molecule has 0 saturated carbocycles. The van der Waals surface area contributed by atoms with Crippen LogP contribution in [0.15, 0.2) is 183 Å². The molecule has 1 heterocycles. The normalized spacial score (nSPS) is 12.1. The van der Waals surface area contributed by atoms with Gasteiger partial charge in [0.2, 0.25) is 0 Å². The number of rotatable bonds is 22. The Morgan fingerprint density at radius 1 is 0.412 bits per heavy atom. The predicted molar refractivity (Wildman–Crippen MR) is 312 cm³/mol. The molecule has 0 aliphatic carbocycles. The van der Waals surface area contributed by atoms with Crippen LogP contribution in [0.5, 0.6) is 34.5 Å². The van der Waals surface area contributed by atoms with Gasteiger partial charge in [-0.1, -0.05) is 98.1 Å². The lowest BCUT2D eigenvalue weighted by atomic mass is 9.90. The van der Waals surface area contributed by atoms with Gasteiger partial charge in [-0.05, 0) is 179 Å². The Kier molecular flexibility index (Phi) is 19.0. The van der Waals surface area contributed by atoms with Crippen molar-refractivity contribution < 1.29 is 57.1 Å². The molecule has 0 atom stereocenters. The molecule has 0 spiro atoms. The van der Waals surface area contributed by atoms with Gasteiger partial charge < -0.3 is 37.9 Å². The Hall–Kier alpha value is -9.68. The van der Waals surface area contributed by atoms with Crippen LogP contribution in [-0.4, -0.2) is 63.5 Å². The summed E-state index contributed by atoms with van der Waals surface area (Å²) in [6.07, 6.45) is 14.9. The summed E-state index contributed by atoms with van der Waals surface area (Å²) in [7, 11) is 0. The lowest BCUT2D eigenvalue weighted by molar-refractivity contribution is -0.138. The van der Waals surface area contributed by atoms with Crippen LogP contribution in [0.1, 0.15) is 81.5 Å². The van der Waals surface area contributed by atoms with Gasteiger partial charge in [0.05, 0.1) is 50.8 Å². The summed E-state index contributed by atoms with van der Waals surface area (Å²) in [6, 6.07) is 49.5. The van der Waals surface area contributed by atoms with Crippen LogP contribution in [-0.2, 0) is 19.1 Å². The van der Waals surface area contributed by atoms with Crippen molar-refractivity contribution >= 4 is 69.7 Å². The van der Waals surface area contributed by atoms with Gasteiger partial charge >= 0.3 is 23.9 Å². The van der Waals surface area contributed by atoms with Gasteiger partial charge in [0.25, 0.3) is 0 Å². The molecule has 8 aromatic carbocycles. The van der Waals surface area contributed by atoms with Crippen LogP contribution in [0.4, 0.5) is 0 Å². The first-order valence-corrected chi connectivity index (χ1v) is 26.6. The van der Waals surface area contributed by atoms with Crippen molar-refractivity contribution in [3.63, 3.8) is 0 Å². The van der Waals surface area contributed by atoms with Crippen LogP contribution < -0.4 is 28.4 Å². The predicted octanol–water partition coefficient (Wildman–Crippen LogP) is 14.8. The Morgan fingerprint density at radius 2 is 0.775 bits per heavy atom. The highest BCUT2D eigenvalue weighted by Gasteiger charge is 2.21. The second kappa shape index (κ2) is 27.6. The third-order valence-electron chi connectivity index (χ3n) is 13.0. The Labute approximate surface area is 465 Å². The molecular formula is C68H60O12. The molecule has 0 amide bonds. The summed E-state index contributed by atoms with van der Waals surface area (Å²) < 4.78 is 45.8. The van der Waals surface area contributed by atoms with Gasteiger partial charge in [0.15, 0.2) is 0 Å². The molecule has 12 nitrogen and oxygen atoms in total. The topological polar surface area (TPSA) is 142 Å². The summed E-state index contributed by atoms with van der Waals surface area (Å²) in [5.41, 5.74) is 6.67. The van der Waals surface area contributed by atoms with Crippen molar-refractivity contribution in [3.8, 4) is 45.6 Å². The average Bonchev–Trinajstić information content (AvgIpc) is 3.52. The number of carbonyl (C=O) groups is 4. The number of hydrogen-bond acceptors (Lipinski definition) is 12. The van der Waals surface area contributed by atoms with Crippen molar-refractivity contribution in [1.29, 1.82) is 0 Å². The van der Waals surface area contributed by atoms with Crippen molar-refractivity contribution in [2.24, 2.45) is 0 Å². The molecule has 8 aromatic rings. The van der Waals surface area contributed by atoms with Gasteiger partial charge in [0.1, 0.15) is 34.5 Å². The second-order valence-electron chi connectivity index (χ2n) is 18.7. The largest absolute Gasteiger partial charge is 0.494 e. The van der Waals surface area contributed by atoms with Crippen molar-refractivity contribution in [1.82, 2.24) is 0 Å². The molecule has 0 saturated heterocycles. The van der Waals surface area contributed by atoms with Crippen molar-refractivity contribution in [2.45, 2.75) is 38.5 Å². The monoisotopic (exact) mass is 1070 g/mol. The highest BCUT2D eigenvalue weighted by Crippen LogP contribution is 2.46. The molecule has 404 valence electrons. The lowest BCUT2D eigenvalue weighted by Gasteiger charge is -2.21. The van der Waals surface area contributed by atoms with E-state index in [1.54, 1.807) is 72.8 Å². The van der Waals surface area contributed by atoms with Crippen LogP contribution in [0.3, 0.4) is 0 Å². The smallest absolute Gasteiger partial charge is 0.343 e. The van der Waals surface area contributed by atoms with E-state index in [1.165, 1.54) is 0 Å². The quantitative estimate of drug-likeness (QED) is 0.0210. The summed E-state index contributed by atoms with van der Waals surface area (Å²) >= 11 is 0. The first kappa shape index (κ1) is 55.1. The molecule has 9 rings (SSSR count). The maximum absolute atomic E-state index is 13.0. The Balaban J connectivity index is 0.829. The molecular weight excluding hydrogens is 1010 g/mol. The molecule has 0 fully saturated rings. The third kappa shape index (κ3) is 15.1. The molecule has 0 unspecified atom stereocenters. The first-order valence-electron chi connectivity index (χ1n) is 26.6. The van der Waals surface area contributed by atoms with E-state index in [9.17, 15) is 19.2 Å². The minimum Gasteiger partial charge on any atom is -0.494 e. The number of benzene rings is 8. The second-order valence-corrected chi connectivity index (χ2v) is 18.7. The minimum atomic E-state index is -0.474. The summed E-state index contributed by atoms with van der Waals surface area (Å²) in [5.74, 6) is 1.89. The van der Waals surface area contributed by atoms with Gasteiger partial charge in [-0.2, -0.15) is 0 Å². The fourth-order valence-corrected chi connectivity index (χ4v) is 8.83. The molecule has 0 N–H and O–H groups in total. The molecule has 0 aromatic heterocycles. The third-order valence-corrected chi connectivity index (χ3v) is 13.0. The number of hydrogen-bond donors (Lipinski definition) is 0. The zero-order valence-electron chi connectivity index (χ0n) is 44.3. The molecule has 12 heteroatoms. The fourth-order valence-electron chi connectivity index (χ4n) is 8.83. The van der Waals surface area contributed by atoms with Gasteiger partial charge in [-0.25, -0.2) is 19.2 Å². The Bertz CT molecular complexity index is 3300. The summed E-state index contributed by atoms with van der Waals surface area (Å²) in [6.45, 7) is 9.43. The van der Waals surface area contributed by atoms with E-state index in [0.717, 1.165) is 91.4 Å². The first-order chi connectivity index (χ1) is 39.2. The van der Waals surface area contributed by atoms with E-state index in [-0.39, 0.29) is 0 Å². The Morgan fingerprint density at radius 3 is 1.18 bits per heavy atom. The van der Waals surface area contributed by atoms with Gasteiger partial charge in [-0.15, -0.1) is 0 Å². The molecule has 0 bridgehead atoms. The van der Waals surface area contributed by atoms with E-state index in [4.69, 9.17) is 37.9 Å². The zero-order valence-corrected chi connectivity index (χ0v) is 44.3. The fraction of sp³-hybridized carbons (Fsp3) is 0.176. The SMILES string of the molecule is C=CC(=O)OCCCCOc1ccc(C(=O)Oc2ccc(/C=C\c3ccc4c5c(ccc4c3)OCCCCOc3ccc4cc(/C=C\c6ccc(OC(=O)c7ccc(OCCCCOC(=O)C=C)cc7)cc6)ccc4c3-5)cc2)cc1. The maximum atomic E-state index is 13.0. The molecule has 1 aliphatic rings. The lowest BCUT2D eigenvalue weighted by Crippen LogP contribution is -2.08. The van der Waals surface area contributed by atoms with Crippen LogP contribution in [0.2, 0.25) is 0 Å². The van der Waals surface area contributed by atoms with E-state index in [1.807, 2.05) is 36.4 Å². The number of ether oxygens (including phenoxy) is 8. The van der Waals surface area contributed by atoms with Crippen LogP contribution in [0, 0.1) is 0 Å². The zero-order chi connectivity index (χ0) is 55.5.